The molecule has 0 heterocycles. The Hall–Kier alpha value is -0.0800. The fraction of sp³-hybridized carbons (Fsp3) is 1.00. The molecule has 0 radical (unpaired) electrons. The first-order valence-corrected chi connectivity index (χ1v) is 7.12. The van der Waals surface area contributed by atoms with Gasteiger partial charge in [0.15, 0.2) is 0 Å². The van der Waals surface area contributed by atoms with E-state index in [4.69, 9.17) is 10.5 Å². The third-order valence-corrected chi connectivity index (χ3v) is 5.60. The maximum Gasteiger partial charge on any atom is 0.0650 e. The van der Waals surface area contributed by atoms with Gasteiger partial charge in [-0.15, -0.1) is 0 Å². The summed E-state index contributed by atoms with van der Waals surface area (Å²) in [6.07, 6.45) is 10.3. The molecule has 2 nitrogen and oxygen atoms in total. The van der Waals surface area contributed by atoms with Crippen LogP contribution in [0.25, 0.3) is 0 Å². The molecule has 2 N–H and O–H groups in total. The predicted molar refractivity (Wildman–Crippen MR) is 62.9 cm³/mol. The van der Waals surface area contributed by atoms with Crippen molar-refractivity contribution in [1.29, 1.82) is 0 Å². The maximum atomic E-state index is 6.22. The van der Waals surface area contributed by atoms with E-state index in [1.54, 1.807) is 0 Å². The molecule has 0 atom stereocenters. The molecule has 5 fully saturated rings. The molecule has 5 saturated carbocycles. The monoisotopic (exact) mass is 221 g/mol. The third kappa shape index (κ3) is 1.53. The van der Waals surface area contributed by atoms with Gasteiger partial charge in [0.1, 0.15) is 0 Å². The minimum atomic E-state index is 0.0780. The van der Waals surface area contributed by atoms with E-state index in [9.17, 15) is 0 Å². The van der Waals surface area contributed by atoms with Crippen LogP contribution in [0.1, 0.15) is 44.9 Å². The van der Waals surface area contributed by atoms with Crippen LogP contribution < -0.4 is 5.73 Å². The Labute approximate surface area is 97.9 Å². The van der Waals surface area contributed by atoms with Gasteiger partial charge >= 0.3 is 0 Å². The van der Waals surface area contributed by atoms with Crippen LogP contribution in [0.5, 0.6) is 0 Å². The highest BCUT2D eigenvalue weighted by Crippen LogP contribution is 2.54. The van der Waals surface area contributed by atoms with Crippen LogP contribution in [0.4, 0.5) is 0 Å². The van der Waals surface area contributed by atoms with E-state index in [2.05, 4.69) is 0 Å². The van der Waals surface area contributed by atoms with Crippen molar-refractivity contribution in [3.05, 3.63) is 0 Å². The first kappa shape index (κ1) is 9.90. The van der Waals surface area contributed by atoms with Gasteiger partial charge in [-0.05, 0) is 68.6 Å². The van der Waals surface area contributed by atoms with Crippen LogP contribution in [0.3, 0.4) is 0 Å². The second-order valence-corrected chi connectivity index (χ2v) is 7.07. The van der Waals surface area contributed by atoms with E-state index in [-0.39, 0.29) is 5.54 Å². The van der Waals surface area contributed by atoms with Crippen molar-refractivity contribution in [3.63, 3.8) is 0 Å². The first-order valence-electron chi connectivity index (χ1n) is 7.12. The largest absolute Gasteiger partial charge is 0.376 e. The lowest BCUT2D eigenvalue weighted by molar-refractivity contribution is -0.129. The standard InChI is InChI=1S/C14H23NO/c15-14(1-2-14)8-16-13-11-4-9-3-10(6-11)7-12(13)5-9/h9-13H,1-8,15H2. The summed E-state index contributed by atoms with van der Waals surface area (Å²) in [4.78, 5) is 0. The topological polar surface area (TPSA) is 35.2 Å². The molecule has 0 spiro atoms. The Morgan fingerprint density at radius 2 is 1.50 bits per heavy atom. The van der Waals surface area contributed by atoms with Gasteiger partial charge < -0.3 is 10.5 Å². The minimum absolute atomic E-state index is 0.0780. The lowest BCUT2D eigenvalue weighted by Crippen LogP contribution is -2.50. The predicted octanol–water partition coefficient (Wildman–Crippen LogP) is 2.32. The minimum Gasteiger partial charge on any atom is -0.376 e. The highest BCUT2D eigenvalue weighted by atomic mass is 16.5. The quantitative estimate of drug-likeness (QED) is 0.794. The van der Waals surface area contributed by atoms with Crippen molar-refractivity contribution in [1.82, 2.24) is 0 Å². The smallest absolute Gasteiger partial charge is 0.0650 e. The van der Waals surface area contributed by atoms with Crippen LogP contribution in [0.2, 0.25) is 0 Å². The Morgan fingerprint density at radius 1 is 0.938 bits per heavy atom. The summed E-state index contributed by atoms with van der Waals surface area (Å²) >= 11 is 0. The molecule has 90 valence electrons. The van der Waals surface area contributed by atoms with E-state index >= 15 is 0 Å². The average molecular weight is 221 g/mol. The summed E-state index contributed by atoms with van der Waals surface area (Å²) in [7, 11) is 0. The van der Waals surface area contributed by atoms with Crippen molar-refractivity contribution in [2.45, 2.75) is 56.6 Å². The average Bonchev–Trinajstić information content (AvgIpc) is 2.95. The molecule has 5 aliphatic rings. The zero-order valence-corrected chi connectivity index (χ0v) is 10.0. The first-order chi connectivity index (χ1) is 7.72. The highest BCUT2D eigenvalue weighted by Gasteiger charge is 2.50. The summed E-state index contributed by atoms with van der Waals surface area (Å²) in [6, 6.07) is 0. The Balaban J connectivity index is 1.44. The molecule has 0 aromatic carbocycles. The summed E-state index contributed by atoms with van der Waals surface area (Å²) < 4.78 is 6.22. The lowest BCUT2D eigenvalue weighted by Gasteiger charge is -2.54. The Morgan fingerprint density at radius 3 is 2.00 bits per heavy atom. The second kappa shape index (κ2) is 3.23. The second-order valence-electron chi connectivity index (χ2n) is 7.07. The summed E-state index contributed by atoms with van der Waals surface area (Å²) in [6.45, 7) is 0.833. The molecule has 0 unspecified atom stereocenters. The van der Waals surface area contributed by atoms with Gasteiger partial charge in [0, 0.05) is 5.54 Å². The molecule has 5 rings (SSSR count). The maximum absolute atomic E-state index is 6.22. The molecule has 0 aromatic rings. The van der Waals surface area contributed by atoms with Crippen LogP contribution in [-0.4, -0.2) is 18.2 Å². The van der Waals surface area contributed by atoms with Crippen molar-refractivity contribution in [2.75, 3.05) is 6.61 Å². The van der Waals surface area contributed by atoms with E-state index in [1.807, 2.05) is 0 Å². The molecule has 0 amide bonds. The van der Waals surface area contributed by atoms with Crippen LogP contribution in [0, 0.1) is 23.7 Å². The van der Waals surface area contributed by atoms with Gasteiger partial charge in [0.05, 0.1) is 12.7 Å². The summed E-state index contributed by atoms with van der Waals surface area (Å²) in [5.41, 5.74) is 6.20. The van der Waals surface area contributed by atoms with E-state index in [1.165, 1.54) is 44.9 Å². The van der Waals surface area contributed by atoms with Crippen molar-refractivity contribution in [2.24, 2.45) is 29.4 Å². The van der Waals surface area contributed by atoms with Crippen LogP contribution in [0.15, 0.2) is 0 Å². The lowest BCUT2D eigenvalue weighted by atomic mass is 9.55. The van der Waals surface area contributed by atoms with Crippen LogP contribution in [-0.2, 0) is 4.74 Å². The molecule has 5 aliphatic carbocycles. The number of ether oxygens (including phenoxy) is 1. The molecule has 16 heavy (non-hydrogen) atoms. The Kier molecular flexibility index (Phi) is 2.00. The zero-order valence-electron chi connectivity index (χ0n) is 10.0. The molecule has 0 aliphatic heterocycles. The summed E-state index contributed by atoms with van der Waals surface area (Å²) in [5, 5.41) is 0. The molecule has 4 bridgehead atoms. The van der Waals surface area contributed by atoms with E-state index < -0.39 is 0 Å². The molecular weight excluding hydrogens is 198 g/mol. The van der Waals surface area contributed by atoms with Crippen molar-refractivity contribution >= 4 is 0 Å². The molecular formula is C14H23NO. The normalized spacial score (nSPS) is 51.9. The Bertz CT molecular complexity index is 269. The summed E-state index contributed by atoms with van der Waals surface area (Å²) in [5.74, 6) is 3.88. The number of nitrogens with two attached hydrogens (primary N) is 1. The third-order valence-electron chi connectivity index (χ3n) is 5.60. The van der Waals surface area contributed by atoms with Gasteiger partial charge in [-0.1, -0.05) is 0 Å². The fourth-order valence-corrected chi connectivity index (χ4v) is 4.71. The molecule has 0 saturated heterocycles. The molecule has 0 aromatic heterocycles. The highest BCUT2D eigenvalue weighted by molar-refractivity contribution is 5.02. The number of hydrogen-bond acceptors (Lipinski definition) is 2. The van der Waals surface area contributed by atoms with Crippen molar-refractivity contribution in [3.8, 4) is 0 Å². The van der Waals surface area contributed by atoms with Gasteiger partial charge in [-0.2, -0.15) is 0 Å². The van der Waals surface area contributed by atoms with E-state index in [0.717, 1.165) is 30.3 Å². The van der Waals surface area contributed by atoms with Crippen LogP contribution >= 0.6 is 0 Å². The van der Waals surface area contributed by atoms with Crippen molar-refractivity contribution < 1.29 is 4.74 Å². The van der Waals surface area contributed by atoms with Gasteiger partial charge in [0.25, 0.3) is 0 Å². The SMILES string of the molecule is NC1(COC2C3CC4CC(C3)CC2C4)CC1. The van der Waals surface area contributed by atoms with Gasteiger partial charge in [-0.3, -0.25) is 0 Å². The van der Waals surface area contributed by atoms with E-state index in [0.29, 0.717) is 6.10 Å². The molecule has 2 heteroatoms. The van der Waals surface area contributed by atoms with Gasteiger partial charge in [0.2, 0.25) is 0 Å². The number of hydrogen-bond donors (Lipinski definition) is 1. The number of rotatable bonds is 3. The fourth-order valence-electron chi connectivity index (χ4n) is 4.71. The van der Waals surface area contributed by atoms with Gasteiger partial charge in [-0.25, -0.2) is 0 Å². The zero-order chi connectivity index (χ0) is 10.8.